The molecule has 9 nitrogen and oxygen atoms in total. The highest BCUT2D eigenvalue weighted by Gasteiger charge is 2.69. The fourth-order valence-electron chi connectivity index (χ4n) is 6.99. The molecule has 42 heavy (non-hydrogen) atoms. The van der Waals surface area contributed by atoms with Gasteiger partial charge in [0.05, 0.1) is 22.7 Å². The van der Waals surface area contributed by atoms with Crippen LogP contribution in [-0.4, -0.2) is 45.6 Å². The Hall–Kier alpha value is -2.18. The van der Waals surface area contributed by atoms with Gasteiger partial charge in [-0.25, -0.2) is 18.2 Å². The van der Waals surface area contributed by atoms with Gasteiger partial charge in [-0.15, -0.1) is 0 Å². The highest BCUT2D eigenvalue weighted by atomic mass is 35.5. The lowest BCUT2D eigenvalue weighted by Crippen LogP contribution is -2.70. The van der Waals surface area contributed by atoms with E-state index in [1.807, 2.05) is 13.0 Å². The summed E-state index contributed by atoms with van der Waals surface area (Å²) in [6, 6.07) is 13.8. The van der Waals surface area contributed by atoms with Crippen molar-refractivity contribution in [3.63, 3.8) is 0 Å². The van der Waals surface area contributed by atoms with E-state index < -0.39 is 34.0 Å². The van der Waals surface area contributed by atoms with Crippen LogP contribution in [-0.2, 0) is 34.0 Å². The van der Waals surface area contributed by atoms with Crippen molar-refractivity contribution in [2.45, 2.75) is 70.4 Å². The molecule has 4 aliphatic heterocycles. The molecule has 4 saturated heterocycles. The van der Waals surface area contributed by atoms with Crippen LogP contribution in [0.1, 0.15) is 52.0 Å². The minimum absolute atomic E-state index is 0.0840. The summed E-state index contributed by atoms with van der Waals surface area (Å²) in [5.41, 5.74) is 0.372. The minimum atomic E-state index is -3.75. The second-order valence-electron chi connectivity index (χ2n) is 12.0. The van der Waals surface area contributed by atoms with E-state index in [0.717, 1.165) is 31.1 Å². The van der Waals surface area contributed by atoms with Gasteiger partial charge in [-0.05, 0) is 73.9 Å². The molecule has 4 heterocycles. The van der Waals surface area contributed by atoms with Gasteiger partial charge < -0.3 is 18.9 Å². The quantitative estimate of drug-likeness (QED) is 0.256. The van der Waals surface area contributed by atoms with Gasteiger partial charge in [-0.2, -0.15) is 0 Å². The first kappa shape index (κ1) is 29.9. The lowest BCUT2D eigenvalue weighted by molar-refractivity contribution is -0.577. The van der Waals surface area contributed by atoms with E-state index in [2.05, 4.69) is 18.6 Å². The summed E-state index contributed by atoms with van der Waals surface area (Å²) in [4.78, 5) is 12.1. The van der Waals surface area contributed by atoms with E-state index in [4.69, 9.17) is 40.3 Å². The molecule has 11 heteroatoms. The van der Waals surface area contributed by atoms with Crippen molar-refractivity contribution in [3.05, 3.63) is 64.5 Å². The molecule has 7 rings (SSSR count). The van der Waals surface area contributed by atoms with Crippen LogP contribution in [0.3, 0.4) is 0 Å². The number of hydrogen-bond donors (Lipinski definition) is 1. The van der Waals surface area contributed by atoms with Gasteiger partial charge in [0.2, 0.25) is 5.79 Å². The average Bonchev–Trinajstić information content (AvgIpc) is 3.20. The van der Waals surface area contributed by atoms with Gasteiger partial charge in [0.1, 0.15) is 12.4 Å². The molecule has 1 spiro atoms. The molecule has 8 atom stereocenters. The van der Waals surface area contributed by atoms with Crippen LogP contribution in [0, 0.1) is 23.7 Å². The van der Waals surface area contributed by atoms with Crippen molar-refractivity contribution in [1.29, 1.82) is 0 Å². The Morgan fingerprint density at radius 1 is 1.05 bits per heavy atom. The standard InChI is InChI=1S/C31H38ClNO8S/c1-20-11-12-25-21(2)28(38-29-31(25)24(20)13-15-30(3,39-29)40-41-31)37-17-16-36-23-8-6-7-22(19-23)14-18-42(34,35)33-27-10-5-4-9-26(27)32/h4-10,14,18-21,24-25,28-29,33H,11-13,15-17H2,1-3H3/b18-14+/t20-,21-,24+,25+,28-,29-,30-,31-/m1/s1. The number of anilines is 1. The van der Waals surface area contributed by atoms with Gasteiger partial charge in [-0.3, -0.25) is 4.72 Å². The van der Waals surface area contributed by atoms with Gasteiger partial charge in [0, 0.05) is 18.3 Å². The van der Waals surface area contributed by atoms with Crippen LogP contribution in [0.4, 0.5) is 5.69 Å². The molecule has 5 aliphatic rings. The second kappa shape index (κ2) is 11.7. The second-order valence-corrected chi connectivity index (χ2v) is 14.0. The van der Waals surface area contributed by atoms with Crippen LogP contribution >= 0.6 is 11.6 Å². The summed E-state index contributed by atoms with van der Waals surface area (Å²) in [7, 11) is -3.75. The number of sulfonamides is 1. The fourth-order valence-corrected chi connectivity index (χ4v) is 8.12. The van der Waals surface area contributed by atoms with Gasteiger partial charge in [-0.1, -0.05) is 49.7 Å². The van der Waals surface area contributed by atoms with Crippen LogP contribution in [0.5, 0.6) is 5.75 Å². The zero-order valence-electron chi connectivity index (χ0n) is 24.0. The predicted molar refractivity (Wildman–Crippen MR) is 158 cm³/mol. The van der Waals surface area contributed by atoms with Crippen LogP contribution < -0.4 is 9.46 Å². The lowest BCUT2D eigenvalue weighted by Gasteiger charge is -2.60. The summed E-state index contributed by atoms with van der Waals surface area (Å²) in [5.74, 6) is 0.859. The Bertz CT molecular complexity index is 1420. The molecule has 1 N–H and O–H groups in total. The van der Waals surface area contributed by atoms with Gasteiger partial charge in [0.15, 0.2) is 18.2 Å². The molecule has 2 bridgehead atoms. The number of halogens is 1. The number of rotatable bonds is 9. The molecule has 1 saturated carbocycles. The maximum absolute atomic E-state index is 12.5. The molecule has 2 aromatic carbocycles. The highest BCUT2D eigenvalue weighted by Crippen LogP contribution is 2.60. The zero-order valence-corrected chi connectivity index (χ0v) is 25.6. The van der Waals surface area contributed by atoms with Crippen LogP contribution in [0.2, 0.25) is 5.02 Å². The average molecular weight is 620 g/mol. The van der Waals surface area contributed by atoms with Crippen molar-refractivity contribution in [3.8, 4) is 5.75 Å². The van der Waals surface area contributed by atoms with E-state index >= 15 is 0 Å². The molecule has 0 amide bonds. The lowest BCUT2D eigenvalue weighted by atomic mass is 9.58. The van der Waals surface area contributed by atoms with Gasteiger partial charge >= 0.3 is 0 Å². The third kappa shape index (κ3) is 5.83. The van der Waals surface area contributed by atoms with Crippen LogP contribution in [0.15, 0.2) is 53.9 Å². The number of para-hydroxylation sites is 1. The first-order valence-electron chi connectivity index (χ1n) is 14.6. The number of hydrogen-bond acceptors (Lipinski definition) is 8. The summed E-state index contributed by atoms with van der Waals surface area (Å²) in [5, 5.41) is 1.42. The molecule has 0 aromatic heterocycles. The molecular formula is C31H38ClNO8S. The Kier molecular flexibility index (Phi) is 8.34. The number of fused-ring (bicyclic) bond motifs is 2. The van der Waals surface area contributed by atoms with Crippen molar-refractivity contribution >= 4 is 33.4 Å². The first-order valence-corrected chi connectivity index (χ1v) is 16.5. The Balaban J connectivity index is 1.05. The van der Waals surface area contributed by atoms with Gasteiger partial charge in [0.25, 0.3) is 10.0 Å². The maximum atomic E-state index is 12.5. The van der Waals surface area contributed by atoms with E-state index in [-0.39, 0.29) is 11.8 Å². The molecule has 0 unspecified atom stereocenters. The number of benzene rings is 2. The summed E-state index contributed by atoms with van der Waals surface area (Å²) >= 11 is 6.07. The summed E-state index contributed by atoms with van der Waals surface area (Å²) in [6.45, 7) is 6.97. The van der Waals surface area contributed by atoms with E-state index in [1.165, 1.54) is 6.08 Å². The SMILES string of the molecule is C[C@H]1[C@H](OCCOc2cccc(/C=C/S(=O)(=O)Nc3ccccc3Cl)c2)O[C@@H]2O[C@@]3(C)CC[C@H]4[C@H](C)CC[C@@H]1[C@@]24OO3. The molecule has 0 radical (unpaired) electrons. The third-order valence-electron chi connectivity index (χ3n) is 9.16. The minimum Gasteiger partial charge on any atom is -0.491 e. The molecule has 2 aromatic rings. The largest absolute Gasteiger partial charge is 0.491 e. The fraction of sp³-hybridized carbons (Fsp3) is 0.548. The molecular weight excluding hydrogens is 582 g/mol. The first-order chi connectivity index (χ1) is 20.1. The predicted octanol–water partition coefficient (Wildman–Crippen LogP) is 6.36. The van der Waals surface area contributed by atoms with Crippen molar-refractivity contribution in [2.24, 2.45) is 23.7 Å². The van der Waals surface area contributed by atoms with Crippen LogP contribution in [0.25, 0.3) is 6.08 Å². The molecule has 5 fully saturated rings. The summed E-state index contributed by atoms with van der Waals surface area (Å²) < 4.78 is 52.5. The maximum Gasteiger partial charge on any atom is 0.255 e. The van der Waals surface area contributed by atoms with E-state index in [9.17, 15) is 8.42 Å². The van der Waals surface area contributed by atoms with Crippen molar-refractivity contribution in [2.75, 3.05) is 17.9 Å². The smallest absolute Gasteiger partial charge is 0.255 e. The Labute approximate surface area is 252 Å². The third-order valence-corrected chi connectivity index (χ3v) is 10.5. The van der Waals surface area contributed by atoms with E-state index in [0.29, 0.717) is 47.1 Å². The van der Waals surface area contributed by atoms with Crippen molar-refractivity contribution in [1.82, 2.24) is 0 Å². The Morgan fingerprint density at radius 3 is 2.71 bits per heavy atom. The number of ether oxygens (including phenoxy) is 4. The normalized spacial score (nSPS) is 35.9. The number of nitrogens with one attached hydrogen (secondary N) is 1. The molecule has 1 aliphatic carbocycles. The summed E-state index contributed by atoms with van der Waals surface area (Å²) in [6.07, 6.45) is 4.38. The Morgan fingerprint density at radius 2 is 1.88 bits per heavy atom. The monoisotopic (exact) mass is 619 g/mol. The zero-order chi connectivity index (χ0) is 29.5. The molecule has 228 valence electrons. The topological polar surface area (TPSA) is 102 Å². The van der Waals surface area contributed by atoms with Crippen molar-refractivity contribution < 1.29 is 37.1 Å². The highest BCUT2D eigenvalue weighted by molar-refractivity contribution is 7.95. The van der Waals surface area contributed by atoms with E-state index in [1.54, 1.807) is 42.5 Å².